The van der Waals surface area contributed by atoms with Gasteiger partial charge in [0.05, 0.1) is 11.1 Å². The molecular formula is C16H20N2O2. The molecule has 1 fully saturated rings. The lowest BCUT2D eigenvalue weighted by atomic mass is 10.0. The highest BCUT2D eigenvalue weighted by Gasteiger charge is 2.29. The van der Waals surface area contributed by atoms with Gasteiger partial charge in [-0.2, -0.15) is 0 Å². The predicted molar refractivity (Wildman–Crippen MR) is 81.3 cm³/mol. The standard InChI is InChI=1S/C16H20N2O2/c1-16(8-5-9-20-16)11-17-13-10-15(19)18(2)14-7-4-3-6-12(13)14/h3-4,6-7,10,17H,5,8-9,11H2,1-2H3. The number of anilines is 1. The zero-order valence-electron chi connectivity index (χ0n) is 12.0. The van der Waals surface area contributed by atoms with Gasteiger partial charge in [0.15, 0.2) is 0 Å². The van der Waals surface area contributed by atoms with Crippen LogP contribution in [0.2, 0.25) is 0 Å². The minimum Gasteiger partial charge on any atom is -0.381 e. The summed E-state index contributed by atoms with van der Waals surface area (Å²) < 4.78 is 7.46. The lowest BCUT2D eigenvalue weighted by Crippen LogP contribution is -2.33. The van der Waals surface area contributed by atoms with E-state index in [-0.39, 0.29) is 11.2 Å². The van der Waals surface area contributed by atoms with Crippen molar-refractivity contribution in [3.8, 4) is 0 Å². The largest absolute Gasteiger partial charge is 0.381 e. The van der Waals surface area contributed by atoms with Crippen molar-refractivity contribution < 1.29 is 4.74 Å². The third-order valence-electron chi connectivity index (χ3n) is 4.11. The van der Waals surface area contributed by atoms with E-state index in [1.165, 1.54) is 0 Å². The van der Waals surface area contributed by atoms with Crippen LogP contribution in [0.5, 0.6) is 0 Å². The molecule has 0 saturated carbocycles. The molecule has 1 N–H and O–H groups in total. The Morgan fingerprint density at radius 2 is 2.20 bits per heavy atom. The van der Waals surface area contributed by atoms with E-state index in [9.17, 15) is 4.79 Å². The van der Waals surface area contributed by atoms with Crippen molar-refractivity contribution in [1.82, 2.24) is 4.57 Å². The fraction of sp³-hybridized carbons (Fsp3) is 0.438. The minimum atomic E-state index is -0.123. The van der Waals surface area contributed by atoms with Gasteiger partial charge in [0.25, 0.3) is 5.56 Å². The number of hydrogen-bond donors (Lipinski definition) is 1. The molecule has 0 amide bonds. The summed E-state index contributed by atoms with van der Waals surface area (Å²) in [7, 11) is 1.80. The molecule has 1 saturated heterocycles. The number of benzene rings is 1. The van der Waals surface area contributed by atoms with Gasteiger partial charge in [0.2, 0.25) is 0 Å². The zero-order chi connectivity index (χ0) is 14.2. The van der Waals surface area contributed by atoms with Gasteiger partial charge >= 0.3 is 0 Å². The lowest BCUT2D eigenvalue weighted by molar-refractivity contribution is 0.0315. The monoisotopic (exact) mass is 272 g/mol. The van der Waals surface area contributed by atoms with Crippen molar-refractivity contribution in [1.29, 1.82) is 0 Å². The molecule has 2 aromatic rings. The molecule has 1 aliphatic rings. The highest BCUT2D eigenvalue weighted by Crippen LogP contribution is 2.27. The van der Waals surface area contributed by atoms with Gasteiger partial charge in [-0.1, -0.05) is 18.2 Å². The Labute approximate surface area is 118 Å². The molecule has 1 unspecified atom stereocenters. The molecule has 1 aromatic carbocycles. The average molecular weight is 272 g/mol. The Bertz CT molecular complexity index is 684. The molecule has 0 spiro atoms. The molecule has 20 heavy (non-hydrogen) atoms. The van der Waals surface area contributed by atoms with Gasteiger partial charge in [-0.25, -0.2) is 0 Å². The molecule has 106 valence electrons. The summed E-state index contributed by atoms with van der Waals surface area (Å²) >= 11 is 0. The van der Waals surface area contributed by atoms with Crippen LogP contribution in [0.25, 0.3) is 10.9 Å². The van der Waals surface area contributed by atoms with Gasteiger partial charge in [0, 0.05) is 37.3 Å². The summed E-state index contributed by atoms with van der Waals surface area (Å²) in [5, 5.41) is 4.47. The molecule has 0 bridgehead atoms. The number of pyridine rings is 1. The van der Waals surface area contributed by atoms with Gasteiger partial charge in [-0.15, -0.1) is 0 Å². The summed E-state index contributed by atoms with van der Waals surface area (Å²) in [6.07, 6.45) is 2.16. The Balaban J connectivity index is 1.95. The maximum Gasteiger partial charge on any atom is 0.252 e. The van der Waals surface area contributed by atoms with E-state index in [0.717, 1.165) is 42.6 Å². The van der Waals surface area contributed by atoms with Crippen LogP contribution in [0, 0.1) is 0 Å². The molecule has 0 aliphatic carbocycles. The van der Waals surface area contributed by atoms with E-state index in [2.05, 4.69) is 12.2 Å². The first kappa shape index (κ1) is 13.2. The summed E-state index contributed by atoms with van der Waals surface area (Å²) in [5.41, 5.74) is 1.71. The van der Waals surface area contributed by atoms with E-state index in [1.54, 1.807) is 17.7 Å². The zero-order valence-corrected chi connectivity index (χ0v) is 12.0. The van der Waals surface area contributed by atoms with Crippen molar-refractivity contribution in [2.45, 2.75) is 25.4 Å². The summed E-state index contributed by atoms with van der Waals surface area (Å²) in [4.78, 5) is 12.0. The van der Waals surface area contributed by atoms with Crippen LogP contribution in [0.3, 0.4) is 0 Å². The Morgan fingerprint density at radius 1 is 1.40 bits per heavy atom. The SMILES string of the molecule is Cn1c(=O)cc(NCC2(C)CCCO2)c2ccccc21. The first-order valence-electron chi connectivity index (χ1n) is 7.06. The van der Waals surface area contributed by atoms with E-state index in [1.807, 2.05) is 24.3 Å². The van der Waals surface area contributed by atoms with Gasteiger partial charge in [-0.3, -0.25) is 4.79 Å². The molecule has 1 aromatic heterocycles. The number of rotatable bonds is 3. The fourth-order valence-electron chi connectivity index (χ4n) is 2.82. The van der Waals surface area contributed by atoms with E-state index < -0.39 is 0 Å². The quantitative estimate of drug-likeness (QED) is 0.933. The second kappa shape index (κ2) is 4.94. The number of aromatic nitrogens is 1. The van der Waals surface area contributed by atoms with Crippen LogP contribution >= 0.6 is 0 Å². The molecule has 4 nitrogen and oxygen atoms in total. The molecule has 0 radical (unpaired) electrons. The second-order valence-electron chi connectivity index (χ2n) is 5.73. The van der Waals surface area contributed by atoms with Crippen LogP contribution in [-0.2, 0) is 11.8 Å². The lowest BCUT2D eigenvalue weighted by Gasteiger charge is -2.24. The van der Waals surface area contributed by atoms with E-state index >= 15 is 0 Å². The third-order valence-corrected chi connectivity index (χ3v) is 4.11. The second-order valence-corrected chi connectivity index (χ2v) is 5.73. The van der Waals surface area contributed by atoms with Crippen molar-refractivity contribution in [3.63, 3.8) is 0 Å². The minimum absolute atomic E-state index is 0.00342. The van der Waals surface area contributed by atoms with Crippen LogP contribution in [0.15, 0.2) is 35.1 Å². The number of hydrogen-bond acceptors (Lipinski definition) is 3. The highest BCUT2D eigenvalue weighted by atomic mass is 16.5. The molecule has 3 rings (SSSR count). The summed E-state index contributed by atoms with van der Waals surface area (Å²) in [6.45, 7) is 3.68. The Morgan fingerprint density at radius 3 is 2.95 bits per heavy atom. The average Bonchev–Trinajstić information content (AvgIpc) is 2.89. The van der Waals surface area contributed by atoms with E-state index in [4.69, 9.17) is 4.74 Å². The predicted octanol–water partition coefficient (Wildman–Crippen LogP) is 2.52. The van der Waals surface area contributed by atoms with Crippen LogP contribution in [-0.4, -0.2) is 23.3 Å². The van der Waals surface area contributed by atoms with E-state index in [0.29, 0.717) is 0 Å². The van der Waals surface area contributed by atoms with Gasteiger partial charge in [0.1, 0.15) is 0 Å². The Hall–Kier alpha value is -1.81. The fourth-order valence-corrected chi connectivity index (χ4v) is 2.82. The first-order chi connectivity index (χ1) is 9.59. The summed E-state index contributed by atoms with van der Waals surface area (Å²) in [6, 6.07) is 9.62. The third kappa shape index (κ3) is 2.31. The maximum absolute atomic E-state index is 12.0. The normalized spacial score (nSPS) is 22.3. The number of nitrogens with one attached hydrogen (secondary N) is 1. The van der Waals surface area contributed by atoms with Crippen LogP contribution < -0.4 is 10.9 Å². The van der Waals surface area contributed by atoms with Crippen molar-refractivity contribution in [2.75, 3.05) is 18.5 Å². The molecule has 2 heterocycles. The van der Waals surface area contributed by atoms with Crippen molar-refractivity contribution in [2.24, 2.45) is 7.05 Å². The number of fused-ring (bicyclic) bond motifs is 1. The molecule has 4 heteroatoms. The molecule has 1 atom stereocenters. The Kier molecular flexibility index (Phi) is 3.26. The maximum atomic E-state index is 12.0. The molecule has 1 aliphatic heterocycles. The van der Waals surface area contributed by atoms with Gasteiger partial charge in [-0.05, 0) is 25.8 Å². The molecular weight excluding hydrogens is 252 g/mol. The topological polar surface area (TPSA) is 43.3 Å². The number of para-hydroxylation sites is 1. The van der Waals surface area contributed by atoms with Crippen LogP contribution in [0.1, 0.15) is 19.8 Å². The summed E-state index contributed by atoms with van der Waals surface area (Å²) in [5.74, 6) is 0. The van der Waals surface area contributed by atoms with Crippen molar-refractivity contribution >= 4 is 16.6 Å². The smallest absolute Gasteiger partial charge is 0.252 e. The van der Waals surface area contributed by atoms with Crippen molar-refractivity contribution in [3.05, 3.63) is 40.7 Å². The first-order valence-corrected chi connectivity index (χ1v) is 7.06. The number of nitrogens with zero attached hydrogens (tertiary/aromatic N) is 1. The number of ether oxygens (including phenoxy) is 1. The van der Waals surface area contributed by atoms with Crippen LogP contribution in [0.4, 0.5) is 5.69 Å². The highest BCUT2D eigenvalue weighted by molar-refractivity contribution is 5.91. The van der Waals surface area contributed by atoms with Gasteiger partial charge < -0.3 is 14.6 Å². The number of aryl methyl sites for hydroxylation is 1.